The Morgan fingerprint density at radius 3 is 2.36 bits per heavy atom. The fourth-order valence-electron chi connectivity index (χ4n) is 3.62. The summed E-state index contributed by atoms with van der Waals surface area (Å²) in [6, 6.07) is 10.6. The van der Waals surface area contributed by atoms with Crippen LogP contribution in [0.15, 0.2) is 52.5 Å². The summed E-state index contributed by atoms with van der Waals surface area (Å²) in [5, 5.41) is 11.1. The van der Waals surface area contributed by atoms with Gasteiger partial charge in [0, 0.05) is 25.6 Å². The number of likely N-dealkylation sites (N-methyl/N-ethyl adjacent to an activating group) is 1. The molecule has 1 aliphatic heterocycles. The zero-order valence-electron chi connectivity index (χ0n) is 18.8. The van der Waals surface area contributed by atoms with Crippen LogP contribution in [-0.4, -0.2) is 66.9 Å². The molecule has 33 heavy (non-hydrogen) atoms. The van der Waals surface area contributed by atoms with E-state index in [1.807, 2.05) is 19.0 Å². The third-order valence-electron chi connectivity index (χ3n) is 5.21. The van der Waals surface area contributed by atoms with Crippen molar-refractivity contribution in [1.82, 2.24) is 9.80 Å². The summed E-state index contributed by atoms with van der Waals surface area (Å²) in [6.07, 6.45) is 0. The van der Waals surface area contributed by atoms with E-state index in [4.69, 9.17) is 9.47 Å². The van der Waals surface area contributed by atoms with Gasteiger partial charge in [0.25, 0.3) is 11.7 Å². The second-order valence-electron chi connectivity index (χ2n) is 7.81. The highest BCUT2D eigenvalue weighted by Gasteiger charge is 2.45. The molecule has 1 amide bonds. The molecular formula is C24H25BrN2O6. The number of carbonyl (C=O) groups is 3. The summed E-state index contributed by atoms with van der Waals surface area (Å²) in [6.45, 7) is 2.12. The first-order valence-corrected chi connectivity index (χ1v) is 11.0. The van der Waals surface area contributed by atoms with Crippen molar-refractivity contribution >= 4 is 39.3 Å². The fourth-order valence-corrected chi connectivity index (χ4v) is 4.16. The maximum absolute atomic E-state index is 13.1. The number of nitrogens with zero attached hydrogens (tertiary/aromatic N) is 2. The Bertz CT molecular complexity index is 1110. The molecule has 2 aromatic rings. The van der Waals surface area contributed by atoms with E-state index in [2.05, 4.69) is 15.9 Å². The zero-order valence-corrected chi connectivity index (χ0v) is 20.4. The molecule has 0 saturated carbocycles. The summed E-state index contributed by atoms with van der Waals surface area (Å²) in [5.41, 5.74) is 0.976. The van der Waals surface area contributed by atoms with Gasteiger partial charge in [-0.05, 0) is 65.9 Å². The molecule has 1 unspecified atom stereocenters. The van der Waals surface area contributed by atoms with Crippen LogP contribution in [0, 0.1) is 0 Å². The molecule has 1 atom stereocenters. The van der Waals surface area contributed by atoms with Crippen LogP contribution in [0.4, 0.5) is 0 Å². The number of hydrogen-bond donors (Lipinski definition) is 1. The summed E-state index contributed by atoms with van der Waals surface area (Å²) in [7, 11) is 5.26. The smallest absolute Gasteiger partial charge is 0.308 e. The Balaban J connectivity index is 2.12. The van der Waals surface area contributed by atoms with E-state index in [0.29, 0.717) is 33.6 Å². The summed E-state index contributed by atoms with van der Waals surface area (Å²) in [5.74, 6) is -1.26. The number of ether oxygens (including phenoxy) is 2. The van der Waals surface area contributed by atoms with Gasteiger partial charge in [0.2, 0.25) is 0 Å². The Morgan fingerprint density at radius 2 is 1.82 bits per heavy atom. The first-order valence-electron chi connectivity index (χ1n) is 10.2. The van der Waals surface area contributed by atoms with E-state index in [0.717, 1.165) is 0 Å². The first-order chi connectivity index (χ1) is 15.6. The van der Waals surface area contributed by atoms with Gasteiger partial charge >= 0.3 is 5.97 Å². The molecular weight excluding hydrogens is 492 g/mol. The van der Waals surface area contributed by atoms with Crippen LogP contribution >= 0.6 is 15.9 Å². The van der Waals surface area contributed by atoms with Gasteiger partial charge in [0.15, 0.2) is 0 Å². The lowest BCUT2D eigenvalue weighted by Gasteiger charge is -2.26. The van der Waals surface area contributed by atoms with E-state index in [9.17, 15) is 19.5 Å². The van der Waals surface area contributed by atoms with Gasteiger partial charge in [-0.2, -0.15) is 0 Å². The van der Waals surface area contributed by atoms with Gasteiger partial charge < -0.3 is 24.4 Å². The van der Waals surface area contributed by atoms with Crippen LogP contribution in [-0.2, 0) is 14.4 Å². The van der Waals surface area contributed by atoms with Gasteiger partial charge in [-0.1, -0.05) is 12.1 Å². The lowest BCUT2D eigenvalue weighted by Crippen LogP contribution is -2.35. The predicted octanol–water partition coefficient (Wildman–Crippen LogP) is 3.37. The van der Waals surface area contributed by atoms with Gasteiger partial charge in [-0.3, -0.25) is 14.4 Å². The number of amides is 1. The number of halogens is 1. The molecule has 1 saturated heterocycles. The van der Waals surface area contributed by atoms with E-state index in [-0.39, 0.29) is 17.9 Å². The second-order valence-corrected chi connectivity index (χ2v) is 8.66. The van der Waals surface area contributed by atoms with Crippen LogP contribution in [0.5, 0.6) is 11.5 Å². The number of Topliss-reactive ketones (excluding diaryl/α,β-unsaturated/α-hetero) is 1. The number of aliphatic hydroxyl groups is 1. The monoisotopic (exact) mass is 516 g/mol. The third kappa shape index (κ3) is 5.26. The number of methoxy groups -OCH3 is 1. The van der Waals surface area contributed by atoms with Crippen LogP contribution in [0.25, 0.3) is 5.76 Å². The highest BCUT2D eigenvalue weighted by molar-refractivity contribution is 9.10. The van der Waals surface area contributed by atoms with Crippen LogP contribution < -0.4 is 9.47 Å². The van der Waals surface area contributed by atoms with Crippen molar-refractivity contribution in [2.75, 3.05) is 34.3 Å². The molecule has 9 heteroatoms. The number of likely N-dealkylation sites (tertiary alicyclic amines) is 1. The van der Waals surface area contributed by atoms with E-state index < -0.39 is 23.7 Å². The molecule has 1 heterocycles. The maximum atomic E-state index is 13.1. The molecule has 0 aliphatic carbocycles. The molecule has 2 aromatic carbocycles. The fraction of sp³-hybridized carbons (Fsp3) is 0.292. The highest BCUT2D eigenvalue weighted by atomic mass is 79.9. The molecule has 0 radical (unpaired) electrons. The molecule has 1 aliphatic rings. The number of hydrogen-bond acceptors (Lipinski definition) is 7. The predicted molar refractivity (Wildman–Crippen MR) is 126 cm³/mol. The summed E-state index contributed by atoms with van der Waals surface area (Å²) < 4.78 is 10.9. The number of aliphatic hydroxyl groups excluding tert-OH is 1. The van der Waals surface area contributed by atoms with Gasteiger partial charge in [0.05, 0.1) is 23.2 Å². The van der Waals surface area contributed by atoms with Crippen molar-refractivity contribution in [3.05, 3.63) is 63.6 Å². The van der Waals surface area contributed by atoms with Gasteiger partial charge in [-0.15, -0.1) is 0 Å². The minimum atomic E-state index is -0.794. The maximum Gasteiger partial charge on any atom is 0.308 e. The molecule has 0 bridgehead atoms. The quantitative estimate of drug-likeness (QED) is 0.198. The number of carbonyl (C=O) groups excluding carboxylic acids is 3. The second kappa shape index (κ2) is 10.2. The van der Waals surface area contributed by atoms with E-state index in [1.54, 1.807) is 42.5 Å². The number of rotatable bonds is 7. The Labute approximate surface area is 200 Å². The van der Waals surface area contributed by atoms with E-state index >= 15 is 0 Å². The normalized spacial score (nSPS) is 17.5. The van der Waals surface area contributed by atoms with Crippen LogP contribution in [0.3, 0.4) is 0 Å². The Hall–Kier alpha value is -3.17. The Kier molecular flexibility index (Phi) is 7.55. The van der Waals surface area contributed by atoms with Crippen LogP contribution in [0.1, 0.15) is 24.1 Å². The Morgan fingerprint density at radius 1 is 1.15 bits per heavy atom. The van der Waals surface area contributed by atoms with E-state index in [1.165, 1.54) is 18.9 Å². The number of ketones is 1. The lowest BCUT2D eigenvalue weighted by molar-refractivity contribution is -0.140. The molecule has 1 fully saturated rings. The SMILES string of the molecule is COc1ccc(/C(O)=C2/C(=O)C(=O)N(CCN(C)C)C2c2ccc(OC(C)=O)cc2)cc1Br. The summed E-state index contributed by atoms with van der Waals surface area (Å²) >= 11 is 3.38. The molecule has 8 nitrogen and oxygen atoms in total. The van der Waals surface area contributed by atoms with Gasteiger partial charge in [0.1, 0.15) is 17.3 Å². The summed E-state index contributed by atoms with van der Waals surface area (Å²) in [4.78, 5) is 40.6. The van der Waals surface area contributed by atoms with Crippen molar-refractivity contribution < 1.29 is 29.0 Å². The zero-order chi connectivity index (χ0) is 24.3. The highest BCUT2D eigenvalue weighted by Crippen LogP contribution is 2.40. The van der Waals surface area contributed by atoms with Crippen molar-refractivity contribution in [2.24, 2.45) is 0 Å². The minimum Gasteiger partial charge on any atom is -0.507 e. The van der Waals surface area contributed by atoms with Crippen molar-refractivity contribution in [1.29, 1.82) is 0 Å². The van der Waals surface area contributed by atoms with Crippen molar-refractivity contribution in [3.8, 4) is 11.5 Å². The molecule has 1 N–H and O–H groups in total. The molecule has 174 valence electrons. The molecule has 0 aromatic heterocycles. The first kappa shape index (κ1) is 24.5. The topological polar surface area (TPSA) is 96.4 Å². The average molecular weight is 517 g/mol. The largest absolute Gasteiger partial charge is 0.507 e. The number of benzene rings is 2. The van der Waals surface area contributed by atoms with Crippen LogP contribution in [0.2, 0.25) is 0 Å². The van der Waals surface area contributed by atoms with Gasteiger partial charge in [-0.25, -0.2) is 0 Å². The minimum absolute atomic E-state index is 0.00365. The standard InChI is InChI=1S/C24H25BrN2O6/c1-14(28)33-17-8-5-15(6-9-17)21-20(23(30)24(31)27(21)12-11-26(2)3)22(29)16-7-10-19(32-4)18(25)13-16/h5-10,13,21,29H,11-12H2,1-4H3/b22-20-. The molecule has 3 rings (SSSR count). The lowest BCUT2D eigenvalue weighted by atomic mass is 9.95. The molecule has 0 spiro atoms. The number of esters is 1. The van der Waals surface area contributed by atoms with Crippen molar-refractivity contribution in [2.45, 2.75) is 13.0 Å². The average Bonchev–Trinajstić information content (AvgIpc) is 3.02. The third-order valence-corrected chi connectivity index (χ3v) is 5.83. The van der Waals surface area contributed by atoms with Crippen molar-refractivity contribution in [3.63, 3.8) is 0 Å².